The van der Waals surface area contributed by atoms with Gasteiger partial charge in [0.1, 0.15) is 0 Å². The van der Waals surface area contributed by atoms with Crippen molar-refractivity contribution >= 4 is 5.97 Å². The first-order chi connectivity index (χ1) is 17.6. The molecule has 0 N–H and O–H groups in total. The van der Waals surface area contributed by atoms with Gasteiger partial charge in [-0.3, -0.25) is 9.69 Å². The van der Waals surface area contributed by atoms with E-state index in [2.05, 4.69) is 109 Å². The number of esters is 1. The Morgan fingerprint density at radius 2 is 1.22 bits per heavy atom. The van der Waals surface area contributed by atoms with Crippen LogP contribution in [0.25, 0.3) is 0 Å². The molecule has 0 bridgehead atoms. The number of hydrogen-bond acceptors (Lipinski definition) is 3. The van der Waals surface area contributed by atoms with Gasteiger partial charge in [0.15, 0.2) is 0 Å². The fourth-order valence-electron chi connectivity index (χ4n) is 4.73. The topological polar surface area (TPSA) is 29.5 Å². The molecule has 0 aromatic heterocycles. The van der Waals surface area contributed by atoms with Crippen molar-refractivity contribution in [3.63, 3.8) is 0 Å². The largest absolute Gasteiger partial charge is 0.466 e. The second-order valence-corrected chi connectivity index (χ2v) is 9.17. The molecule has 36 heavy (non-hydrogen) atoms. The highest BCUT2D eigenvalue weighted by molar-refractivity contribution is 5.70. The number of rotatable bonds is 11. The van der Waals surface area contributed by atoms with Gasteiger partial charge >= 0.3 is 5.97 Å². The van der Waals surface area contributed by atoms with Crippen molar-refractivity contribution in [2.45, 2.75) is 45.3 Å². The average molecular weight is 478 g/mol. The zero-order chi connectivity index (χ0) is 25.2. The Kier molecular flexibility index (Phi) is 9.07. The van der Waals surface area contributed by atoms with Crippen LogP contribution in [0.15, 0.2) is 115 Å². The van der Waals surface area contributed by atoms with E-state index in [0.29, 0.717) is 13.0 Å². The summed E-state index contributed by atoms with van der Waals surface area (Å²) >= 11 is 0. The maximum atomic E-state index is 12.8. The molecule has 0 heterocycles. The number of nitrogens with zero attached hydrogens (tertiary/aromatic N) is 1. The third kappa shape index (κ3) is 6.93. The lowest BCUT2D eigenvalue weighted by molar-refractivity contribution is -0.145. The predicted molar refractivity (Wildman–Crippen MR) is 147 cm³/mol. The van der Waals surface area contributed by atoms with E-state index in [0.717, 1.165) is 18.5 Å². The van der Waals surface area contributed by atoms with E-state index >= 15 is 0 Å². The maximum absolute atomic E-state index is 12.8. The van der Waals surface area contributed by atoms with Gasteiger partial charge in [-0.2, -0.15) is 0 Å². The van der Waals surface area contributed by atoms with Crippen LogP contribution >= 0.6 is 0 Å². The van der Waals surface area contributed by atoms with Crippen molar-refractivity contribution < 1.29 is 9.53 Å². The number of carbonyl (C=O) groups is 1. The van der Waals surface area contributed by atoms with Crippen LogP contribution in [0.5, 0.6) is 0 Å². The Morgan fingerprint density at radius 3 is 1.81 bits per heavy atom. The van der Waals surface area contributed by atoms with Crippen molar-refractivity contribution in [3.8, 4) is 0 Å². The molecule has 2 atom stereocenters. The van der Waals surface area contributed by atoms with E-state index in [9.17, 15) is 4.79 Å². The van der Waals surface area contributed by atoms with Gasteiger partial charge in [-0.25, -0.2) is 0 Å². The van der Waals surface area contributed by atoms with Gasteiger partial charge in [0.25, 0.3) is 0 Å². The smallest absolute Gasteiger partial charge is 0.307 e. The van der Waals surface area contributed by atoms with Crippen molar-refractivity contribution in [2.75, 3.05) is 6.61 Å². The Labute approximate surface area is 215 Å². The molecule has 0 radical (unpaired) electrons. The Morgan fingerprint density at radius 1 is 0.694 bits per heavy atom. The Hall–Kier alpha value is -3.69. The summed E-state index contributed by atoms with van der Waals surface area (Å²) in [5, 5.41) is 0. The summed E-state index contributed by atoms with van der Waals surface area (Å²) in [6.45, 7) is 5.20. The van der Waals surface area contributed by atoms with Crippen molar-refractivity contribution in [1.82, 2.24) is 4.90 Å². The predicted octanol–water partition coefficient (Wildman–Crippen LogP) is 7.54. The van der Waals surface area contributed by atoms with E-state index in [4.69, 9.17) is 4.74 Å². The van der Waals surface area contributed by atoms with Gasteiger partial charge in [0.2, 0.25) is 0 Å². The Balaban J connectivity index is 1.68. The SMILES string of the molecule is CCOC(=O)C[C@@H](c1ccc(Cc2ccccc2)cc1)N(Cc1ccccc1)[C@H](C)c1ccccc1. The summed E-state index contributed by atoms with van der Waals surface area (Å²) in [6.07, 6.45) is 1.19. The van der Waals surface area contributed by atoms with Crippen LogP contribution in [0.1, 0.15) is 60.2 Å². The molecule has 0 saturated heterocycles. The fraction of sp³-hybridized carbons (Fsp3) is 0.242. The quantitative estimate of drug-likeness (QED) is 0.209. The van der Waals surface area contributed by atoms with Crippen LogP contribution in [0.2, 0.25) is 0 Å². The number of ether oxygens (including phenoxy) is 1. The minimum absolute atomic E-state index is 0.106. The zero-order valence-corrected chi connectivity index (χ0v) is 21.2. The third-order valence-electron chi connectivity index (χ3n) is 6.67. The van der Waals surface area contributed by atoms with Crippen LogP contribution in [-0.4, -0.2) is 17.5 Å². The lowest BCUT2D eigenvalue weighted by Gasteiger charge is -2.37. The summed E-state index contributed by atoms with van der Waals surface area (Å²) in [6, 6.07) is 40.2. The van der Waals surface area contributed by atoms with E-state index in [1.165, 1.54) is 22.3 Å². The zero-order valence-electron chi connectivity index (χ0n) is 21.2. The number of carbonyl (C=O) groups excluding carboxylic acids is 1. The minimum atomic E-state index is -0.172. The average Bonchev–Trinajstić information content (AvgIpc) is 2.92. The van der Waals surface area contributed by atoms with Crippen molar-refractivity contribution in [3.05, 3.63) is 143 Å². The first-order valence-corrected chi connectivity index (χ1v) is 12.8. The highest BCUT2D eigenvalue weighted by Crippen LogP contribution is 2.35. The van der Waals surface area contributed by atoms with Gasteiger partial charge in [-0.1, -0.05) is 115 Å². The van der Waals surface area contributed by atoms with E-state index < -0.39 is 0 Å². The van der Waals surface area contributed by atoms with E-state index in [-0.39, 0.29) is 18.1 Å². The van der Waals surface area contributed by atoms with Crippen LogP contribution < -0.4 is 0 Å². The maximum Gasteiger partial charge on any atom is 0.307 e. The summed E-state index contributed by atoms with van der Waals surface area (Å²) in [7, 11) is 0. The molecule has 3 heteroatoms. The van der Waals surface area contributed by atoms with Gasteiger partial charge in [-0.05, 0) is 48.1 Å². The highest BCUT2D eigenvalue weighted by atomic mass is 16.5. The summed E-state index contributed by atoms with van der Waals surface area (Å²) < 4.78 is 5.42. The first-order valence-electron chi connectivity index (χ1n) is 12.8. The minimum Gasteiger partial charge on any atom is -0.466 e. The lowest BCUT2D eigenvalue weighted by atomic mass is 9.95. The first kappa shape index (κ1) is 25.4. The summed E-state index contributed by atoms with van der Waals surface area (Å²) in [5.74, 6) is -0.172. The number of hydrogen-bond donors (Lipinski definition) is 0. The summed E-state index contributed by atoms with van der Waals surface area (Å²) in [4.78, 5) is 15.2. The molecule has 184 valence electrons. The molecule has 0 saturated carbocycles. The van der Waals surface area contributed by atoms with Crippen LogP contribution in [0, 0.1) is 0 Å². The second-order valence-electron chi connectivity index (χ2n) is 9.17. The molecular formula is C33H35NO2. The summed E-state index contributed by atoms with van der Waals surface area (Å²) in [5.41, 5.74) is 6.11. The van der Waals surface area contributed by atoms with Gasteiger partial charge < -0.3 is 4.74 Å². The third-order valence-corrected chi connectivity index (χ3v) is 6.67. The Bertz CT molecular complexity index is 1190. The fourth-order valence-corrected chi connectivity index (χ4v) is 4.73. The molecule has 0 unspecified atom stereocenters. The molecule has 0 aliphatic heterocycles. The molecule has 0 aliphatic rings. The highest BCUT2D eigenvalue weighted by Gasteiger charge is 2.29. The normalized spacial score (nSPS) is 12.8. The van der Waals surface area contributed by atoms with E-state index in [1.807, 2.05) is 25.1 Å². The molecule has 0 fully saturated rings. The van der Waals surface area contributed by atoms with E-state index in [1.54, 1.807) is 0 Å². The van der Waals surface area contributed by atoms with Gasteiger partial charge in [0, 0.05) is 18.6 Å². The second kappa shape index (κ2) is 12.9. The monoisotopic (exact) mass is 477 g/mol. The molecule has 4 rings (SSSR count). The van der Waals surface area contributed by atoms with Crippen molar-refractivity contribution in [1.29, 1.82) is 0 Å². The molecule has 4 aromatic carbocycles. The van der Waals surface area contributed by atoms with Crippen LogP contribution in [0.3, 0.4) is 0 Å². The van der Waals surface area contributed by atoms with Crippen LogP contribution in [-0.2, 0) is 22.5 Å². The van der Waals surface area contributed by atoms with Crippen molar-refractivity contribution in [2.24, 2.45) is 0 Å². The standard InChI is InChI=1S/C33H35NO2/c1-3-36-33(35)24-32(31-21-19-28(20-22-31)23-27-13-7-4-8-14-27)34(25-29-15-9-5-10-16-29)26(2)30-17-11-6-12-18-30/h4-22,26,32H,3,23-25H2,1-2H3/t26-,32+/m1/s1. The molecular weight excluding hydrogens is 442 g/mol. The number of benzene rings is 4. The van der Waals surface area contributed by atoms with Crippen LogP contribution in [0.4, 0.5) is 0 Å². The van der Waals surface area contributed by atoms with Gasteiger partial charge in [-0.15, -0.1) is 0 Å². The lowest BCUT2D eigenvalue weighted by Crippen LogP contribution is -2.33. The molecule has 3 nitrogen and oxygen atoms in total. The molecule has 0 aliphatic carbocycles. The molecule has 0 spiro atoms. The molecule has 4 aromatic rings. The van der Waals surface area contributed by atoms with Gasteiger partial charge in [0.05, 0.1) is 13.0 Å². The molecule has 0 amide bonds.